The molecule has 3 heteroatoms. The highest BCUT2D eigenvalue weighted by Gasteiger charge is 2.39. The standard InChI is InChI=1S/C30H28N2O/c1-29(2)21-11-5-8-14-25(21)31(26-15-9-6-12-22(26)29)20-17-18-28-24(19-20)30(3,4)23-13-7-10-16-27(23)32(28)33/h5-19,33H,1-4H3. The molecule has 6 rings (SSSR count). The largest absolute Gasteiger partial charge is 0.310 e. The van der Waals surface area contributed by atoms with Crippen molar-refractivity contribution in [1.82, 2.24) is 0 Å². The van der Waals surface area contributed by atoms with Gasteiger partial charge in [0.2, 0.25) is 0 Å². The molecule has 0 radical (unpaired) electrons. The van der Waals surface area contributed by atoms with Crippen LogP contribution in [0.4, 0.5) is 28.4 Å². The van der Waals surface area contributed by atoms with Crippen molar-refractivity contribution in [2.24, 2.45) is 0 Å². The normalized spacial score (nSPS) is 17.0. The zero-order valence-electron chi connectivity index (χ0n) is 19.5. The average molecular weight is 433 g/mol. The quantitative estimate of drug-likeness (QED) is 0.330. The summed E-state index contributed by atoms with van der Waals surface area (Å²) in [5.41, 5.74) is 9.73. The molecule has 0 amide bonds. The summed E-state index contributed by atoms with van der Waals surface area (Å²) in [5, 5.41) is 12.4. The minimum atomic E-state index is -0.241. The summed E-state index contributed by atoms with van der Waals surface area (Å²) < 4.78 is 0. The second-order valence-electron chi connectivity index (χ2n) is 10.2. The molecule has 0 spiro atoms. The molecule has 3 nitrogen and oxygen atoms in total. The van der Waals surface area contributed by atoms with Gasteiger partial charge in [0.25, 0.3) is 0 Å². The van der Waals surface area contributed by atoms with Crippen LogP contribution in [0.5, 0.6) is 0 Å². The van der Waals surface area contributed by atoms with Crippen molar-refractivity contribution >= 4 is 28.4 Å². The van der Waals surface area contributed by atoms with Gasteiger partial charge < -0.3 is 4.90 Å². The van der Waals surface area contributed by atoms with Crippen LogP contribution >= 0.6 is 0 Å². The average Bonchev–Trinajstić information content (AvgIpc) is 2.83. The maximum atomic E-state index is 11.1. The molecule has 2 heterocycles. The molecule has 0 bridgehead atoms. The predicted molar refractivity (Wildman–Crippen MR) is 136 cm³/mol. The molecule has 0 aliphatic carbocycles. The van der Waals surface area contributed by atoms with Gasteiger partial charge in [-0.2, -0.15) is 0 Å². The molecule has 2 aliphatic heterocycles. The summed E-state index contributed by atoms with van der Waals surface area (Å²) in [4.78, 5) is 2.37. The summed E-state index contributed by atoms with van der Waals surface area (Å²) in [6, 6.07) is 31.9. The Hall–Kier alpha value is -3.56. The Morgan fingerprint density at radius 2 is 0.939 bits per heavy atom. The highest BCUT2D eigenvalue weighted by atomic mass is 16.5. The number of rotatable bonds is 1. The first-order chi connectivity index (χ1) is 15.8. The molecule has 0 unspecified atom stereocenters. The van der Waals surface area contributed by atoms with Crippen LogP contribution in [0.3, 0.4) is 0 Å². The van der Waals surface area contributed by atoms with Gasteiger partial charge in [0.05, 0.1) is 22.7 Å². The first kappa shape index (κ1) is 20.1. The minimum absolute atomic E-state index is 0.0853. The van der Waals surface area contributed by atoms with Crippen molar-refractivity contribution in [2.75, 3.05) is 9.96 Å². The van der Waals surface area contributed by atoms with Gasteiger partial charge in [-0.3, -0.25) is 5.21 Å². The van der Waals surface area contributed by atoms with E-state index in [0.717, 1.165) is 28.2 Å². The number of anilines is 5. The van der Waals surface area contributed by atoms with Crippen LogP contribution in [-0.4, -0.2) is 5.21 Å². The Labute approximate surface area is 195 Å². The summed E-state index contributed by atoms with van der Waals surface area (Å²) in [5.74, 6) is 0. The van der Waals surface area contributed by atoms with E-state index in [1.165, 1.54) is 27.6 Å². The Bertz CT molecular complexity index is 1350. The Morgan fingerprint density at radius 3 is 1.52 bits per heavy atom. The van der Waals surface area contributed by atoms with Crippen molar-refractivity contribution in [3.05, 3.63) is 113 Å². The van der Waals surface area contributed by atoms with E-state index in [-0.39, 0.29) is 10.8 Å². The lowest BCUT2D eigenvalue weighted by Crippen LogP contribution is -2.32. The van der Waals surface area contributed by atoms with E-state index in [1.54, 1.807) is 0 Å². The molecule has 0 saturated heterocycles. The molecule has 1 N–H and O–H groups in total. The second-order valence-corrected chi connectivity index (χ2v) is 10.2. The zero-order valence-corrected chi connectivity index (χ0v) is 19.5. The minimum Gasteiger partial charge on any atom is -0.310 e. The lowest BCUT2D eigenvalue weighted by atomic mass is 9.72. The molecule has 164 valence electrons. The summed E-state index contributed by atoms with van der Waals surface area (Å²) in [7, 11) is 0. The van der Waals surface area contributed by atoms with Crippen LogP contribution in [-0.2, 0) is 10.8 Å². The molecule has 0 atom stereocenters. The Morgan fingerprint density at radius 1 is 0.515 bits per heavy atom. The first-order valence-electron chi connectivity index (χ1n) is 11.5. The number of hydrogen-bond donors (Lipinski definition) is 1. The van der Waals surface area contributed by atoms with Crippen LogP contribution < -0.4 is 9.96 Å². The van der Waals surface area contributed by atoms with E-state index in [1.807, 2.05) is 24.3 Å². The van der Waals surface area contributed by atoms with E-state index in [4.69, 9.17) is 0 Å². The number of para-hydroxylation sites is 3. The van der Waals surface area contributed by atoms with E-state index in [2.05, 4.69) is 99.3 Å². The highest BCUT2D eigenvalue weighted by molar-refractivity contribution is 5.88. The van der Waals surface area contributed by atoms with Gasteiger partial charge in [0, 0.05) is 16.5 Å². The fourth-order valence-corrected chi connectivity index (χ4v) is 5.76. The van der Waals surface area contributed by atoms with E-state index in [0.29, 0.717) is 0 Å². The summed E-state index contributed by atoms with van der Waals surface area (Å²) in [6.07, 6.45) is 0. The van der Waals surface area contributed by atoms with E-state index < -0.39 is 0 Å². The third-order valence-electron chi connectivity index (χ3n) is 7.58. The lowest BCUT2D eigenvalue weighted by molar-refractivity contribution is 0.293. The SMILES string of the molecule is CC1(C)c2ccccc2N(O)c2ccc(N3c4ccccc4C(C)(C)c4ccccc43)cc21. The lowest BCUT2D eigenvalue weighted by Gasteiger charge is -2.43. The first-order valence-corrected chi connectivity index (χ1v) is 11.5. The smallest absolute Gasteiger partial charge is 0.0735 e. The van der Waals surface area contributed by atoms with Gasteiger partial charge in [-0.1, -0.05) is 82.3 Å². The van der Waals surface area contributed by atoms with Gasteiger partial charge >= 0.3 is 0 Å². The van der Waals surface area contributed by atoms with Crippen molar-refractivity contribution in [1.29, 1.82) is 0 Å². The number of benzene rings is 4. The third kappa shape index (κ3) is 2.66. The fourth-order valence-electron chi connectivity index (χ4n) is 5.76. The monoisotopic (exact) mass is 432 g/mol. The molecule has 0 fully saturated rings. The number of hydrogen-bond acceptors (Lipinski definition) is 3. The number of fused-ring (bicyclic) bond motifs is 4. The van der Waals surface area contributed by atoms with Gasteiger partial charge in [-0.15, -0.1) is 0 Å². The predicted octanol–water partition coefficient (Wildman–Crippen LogP) is 7.96. The van der Waals surface area contributed by atoms with Crippen molar-refractivity contribution in [3.63, 3.8) is 0 Å². The topological polar surface area (TPSA) is 26.7 Å². The van der Waals surface area contributed by atoms with Gasteiger partial charge in [0.15, 0.2) is 0 Å². The second kappa shape index (κ2) is 6.72. The molecular formula is C30H28N2O. The third-order valence-corrected chi connectivity index (χ3v) is 7.58. The zero-order chi connectivity index (χ0) is 23.0. The molecule has 33 heavy (non-hydrogen) atoms. The molecule has 0 aromatic heterocycles. The van der Waals surface area contributed by atoms with Gasteiger partial charge in [0.1, 0.15) is 0 Å². The molecule has 4 aromatic carbocycles. The van der Waals surface area contributed by atoms with Crippen LogP contribution in [0.15, 0.2) is 91.0 Å². The Kier molecular flexibility index (Phi) is 4.09. The fraction of sp³-hybridized carbons (Fsp3) is 0.200. The van der Waals surface area contributed by atoms with Crippen LogP contribution in [0.2, 0.25) is 0 Å². The van der Waals surface area contributed by atoms with Crippen LogP contribution in [0, 0.1) is 0 Å². The van der Waals surface area contributed by atoms with Crippen LogP contribution in [0.25, 0.3) is 0 Å². The maximum Gasteiger partial charge on any atom is 0.0735 e. The van der Waals surface area contributed by atoms with Crippen molar-refractivity contribution in [3.8, 4) is 0 Å². The molecule has 4 aromatic rings. The maximum absolute atomic E-state index is 11.1. The van der Waals surface area contributed by atoms with Crippen LogP contribution in [0.1, 0.15) is 49.9 Å². The Balaban J connectivity index is 1.59. The molecule has 0 saturated carbocycles. The number of nitrogens with zero attached hydrogens (tertiary/aromatic N) is 2. The van der Waals surface area contributed by atoms with Crippen molar-refractivity contribution in [2.45, 2.75) is 38.5 Å². The van der Waals surface area contributed by atoms with Gasteiger partial charge in [-0.25, -0.2) is 5.06 Å². The summed E-state index contributed by atoms with van der Waals surface area (Å²) in [6.45, 7) is 9.09. The van der Waals surface area contributed by atoms with Crippen molar-refractivity contribution < 1.29 is 5.21 Å². The molecular weight excluding hydrogens is 404 g/mol. The highest BCUT2D eigenvalue weighted by Crippen LogP contribution is 2.54. The molecule has 2 aliphatic rings. The van der Waals surface area contributed by atoms with Gasteiger partial charge in [-0.05, 0) is 58.7 Å². The summed E-state index contributed by atoms with van der Waals surface area (Å²) >= 11 is 0. The van der Waals surface area contributed by atoms with E-state index >= 15 is 0 Å². The van der Waals surface area contributed by atoms with E-state index in [9.17, 15) is 5.21 Å².